The number of hydrogen-bond acceptors (Lipinski definition) is 2. The largest absolute Gasteiger partial charge is 0.347 e. The van der Waals surface area contributed by atoms with Crippen LogP contribution in [0.3, 0.4) is 0 Å². The monoisotopic (exact) mass is 320 g/mol. The Morgan fingerprint density at radius 2 is 2.14 bits per heavy atom. The van der Waals surface area contributed by atoms with E-state index in [1.165, 1.54) is 19.3 Å². The van der Waals surface area contributed by atoms with Gasteiger partial charge in [0.15, 0.2) is 0 Å². The number of piperidine rings is 1. The Labute approximate surface area is 138 Å². The van der Waals surface area contributed by atoms with Crippen molar-refractivity contribution in [3.63, 3.8) is 0 Å². The highest BCUT2D eigenvalue weighted by molar-refractivity contribution is 6.31. The van der Waals surface area contributed by atoms with Crippen molar-refractivity contribution < 1.29 is 4.79 Å². The molecule has 0 bridgehead atoms. The zero-order chi connectivity index (χ0) is 15.6. The summed E-state index contributed by atoms with van der Waals surface area (Å²) in [6.07, 6.45) is 7.36. The quantitative estimate of drug-likeness (QED) is 0.897. The van der Waals surface area contributed by atoms with Gasteiger partial charge in [0.05, 0.1) is 5.54 Å². The lowest BCUT2D eigenvalue weighted by Crippen LogP contribution is -2.39. The molecule has 2 fully saturated rings. The maximum atomic E-state index is 12.4. The molecule has 4 heteroatoms. The molecule has 1 atom stereocenters. The van der Waals surface area contributed by atoms with Crippen molar-refractivity contribution >= 4 is 17.5 Å². The summed E-state index contributed by atoms with van der Waals surface area (Å²) in [6.45, 7) is 1.16. The second kappa shape index (κ2) is 6.59. The van der Waals surface area contributed by atoms with Gasteiger partial charge in [0.2, 0.25) is 5.91 Å². The third-order valence-electron chi connectivity index (χ3n) is 5.14. The van der Waals surface area contributed by atoms with Gasteiger partial charge in [0.1, 0.15) is 0 Å². The minimum Gasteiger partial charge on any atom is -0.347 e. The molecule has 1 saturated heterocycles. The first-order valence-corrected chi connectivity index (χ1v) is 8.75. The van der Waals surface area contributed by atoms with Gasteiger partial charge in [-0.05, 0) is 57.3 Å². The summed E-state index contributed by atoms with van der Waals surface area (Å²) >= 11 is 6.29. The van der Waals surface area contributed by atoms with E-state index in [9.17, 15) is 4.79 Å². The van der Waals surface area contributed by atoms with Gasteiger partial charge in [0.25, 0.3) is 0 Å². The second-order valence-corrected chi connectivity index (χ2v) is 7.19. The molecule has 1 aromatic rings. The molecule has 3 nitrogen and oxygen atoms in total. The van der Waals surface area contributed by atoms with Gasteiger partial charge in [-0.3, -0.25) is 4.79 Å². The first-order chi connectivity index (χ1) is 10.6. The normalized spacial score (nSPS) is 24.0. The fourth-order valence-corrected chi connectivity index (χ4v) is 3.89. The van der Waals surface area contributed by atoms with E-state index in [0.29, 0.717) is 12.5 Å². The molecule has 1 heterocycles. The lowest BCUT2D eigenvalue weighted by atomic mass is 9.98. The molecule has 1 aromatic carbocycles. The Bertz CT molecular complexity index is 542. The minimum atomic E-state index is -0.201. The molecule has 22 heavy (non-hydrogen) atoms. The molecule has 2 aliphatic rings. The summed E-state index contributed by atoms with van der Waals surface area (Å²) in [5, 5.41) is 3.99. The van der Waals surface area contributed by atoms with Crippen LogP contribution in [0.1, 0.15) is 50.5 Å². The molecule has 0 spiro atoms. The summed E-state index contributed by atoms with van der Waals surface area (Å²) in [6, 6.07) is 8.42. The van der Waals surface area contributed by atoms with Crippen LogP contribution in [-0.4, -0.2) is 30.4 Å². The Balaban J connectivity index is 1.55. The Morgan fingerprint density at radius 1 is 1.36 bits per heavy atom. The van der Waals surface area contributed by atoms with Gasteiger partial charge >= 0.3 is 0 Å². The van der Waals surface area contributed by atoms with Crippen molar-refractivity contribution in [3.8, 4) is 0 Å². The average molecular weight is 321 g/mol. The number of likely N-dealkylation sites (tertiary alicyclic amines) is 1. The molecule has 1 amide bonds. The molecular weight excluding hydrogens is 296 g/mol. The summed E-state index contributed by atoms with van der Waals surface area (Å²) in [5.41, 5.74) is 0.869. The van der Waals surface area contributed by atoms with Gasteiger partial charge in [-0.15, -0.1) is 0 Å². The number of carbonyl (C=O) groups is 1. The topological polar surface area (TPSA) is 32.3 Å². The molecule has 1 aliphatic carbocycles. The first kappa shape index (κ1) is 15.8. The van der Waals surface area contributed by atoms with E-state index in [-0.39, 0.29) is 11.4 Å². The third kappa shape index (κ3) is 3.47. The maximum absolute atomic E-state index is 12.4. The Morgan fingerprint density at radius 3 is 2.82 bits per heavy atom. The number of rotatable bonds is 5. The molecule has 1 aliphatic heterocycles. The molecule has 3 rings (SSSR count). The van der Waals surface area contributed by atoms with Gasteiger partial charge in [-0.2, -0.15) is 0 Å². The zero-order valence-corrected chi connectivity index (χ0v) is 14.0. The fourth-order valence-electron chi connectivity index (χ4n) is 3.57. The van der Waals surface area contributed by atoms with Crippen LogP contribution in [0.25, 0.3) is 0 Å². The predicted molar refractivity (Wildman–Crippen MR) is 90.0 cm³/mol. The van der Waals surface area contributed by atoms with Crippen molar-refractivity contribution in [1.82, 2.24) is 10.2 Å². The van der Waals surface area contributed by atoms with Crippen LogP contribution in [0.2, 0.25) is 5.02 Å². The molecule has 120 valence electrons. The van der Waals surface area contributed by atoms with Crippen LogP contribution >= 0.6 is 11.6 Å². The highest BCUT2D eigenvalue weighted by atomic mass is 35.5. The van der Waals surface area contributed by atoms with Crippen LogP contribution in [0.15, 0.2) is 24.3 Å². The molecule has 0 unspecified atom stereocenters. The summed E-state index contributed by atoms with van der Waals surface area (Å²) in [7, 11) is 2.17. The second-order valence-electron chi connectivity index (χ2n) is 6.78. The number of amides is 1. The number of halogens is 1. The van der Waals surface area contributed by atoms with Crippen molar-refractivity contribution in [2.75, 3.05) is 13.6 Å². The van der Waals surface area contributed by atoms with E-state index in [4.69, 9.17) is 11.6 Å². The lowest BCUT2D eigenvalue weighted by molar-refractivity contribution is -0.122. The standard InChI is InChI=1S/C18H25ClN2O/c1-21-13-5-4-6-14(21)9-10-17(22)20-18(11-12-18)15-7-2-3-8-16(15)19/h2-3,7-8,14H,4-6,9-13H2,1H3,(H,20,22)/t14-/m1/s1. The van der Waals surface area contributed by atoms with Crippen LogP contribution in [0.5, 0.6) is 0 Å². The zero-order valence-electron chi connectivity index (χ0n) is 13.3. The fraction of sp³-hybridized carbons (Fsp3) is 0.611. The highest BCUT2D eigenvalue weighted by Gasteiger charge is 2.46. The van der Waals surface area contributed by atoms with Gasteiger partial charge in [-0.25, -0.2) is 0 Å². The predicted octanol–water partition coefficient (Wildman–Crippen LogP) is 3.71. The van der Waals surface area contributed by atoms with Gasteiger partial charge in [-0.1, -0.05) is 36.2 Å². The molecular formula is C18H25ClN2O. The number of hydrogen-bond donors (Lipinski definition) is 1. The van der Waals surface area contributed by atoms with Crippen molar-refractivity contribution in [3.05, 3.63) is 34.9 Å². The van der Waals surface area contributed by atoms with E-state index >= 15 is 0 Å². The van der Waals surface area contributed by atoms with E-state index in [2.05, 4.69) is 17.3 Å². The number of benzene rings is 1. The summed E-state index contributed by atoms with van der Waals surface area (Å²) < 4.78 is 0. The van der Waals surface area contributed by atoms with Crippen molar-refractivity contribution in [1.29, 1.82) is 0 Å². The van der Waals surface area contributed by atoms with Crippen LogP contribution < -0.4 is 5.32 Å². The lowest BCUT2D eigenvalue weighted by Gasteiger charge is -2.32. The SMILES string of the molecule is CN1CCCC[C@@H]1CCC(=O)NC1(c2ccccc2Cl)CC1. The van der Waals surface area contributed by atoms with E-state index < -0.39 is 0 Å². The van der Waals surface area contributed by atoms with Crippen LogP contribution in [0.4, 0.5) is 0 Å². The Hall–Kier alpha value is -1.06. The third-order valence-corrected chi connectivity index (χ3v) is 5.47. The summed E-state index contributed by atoms with van der Waals surface area (Å²) in [4.78, 5) is 14.8. The van der Waals surface area contributed by atoms with Crippen molar-refractivity contribution in [2.24, 2.45) is 0 Å². The molecule has 0 aromatic heterocycles. The first-order valence-electron chi connectivity index (χ1n) is 8.37. The number of carbonyl (C=O) groups excluding carboxylic acids is 1. The van der Waals surface area contributed by atoms with Gasteiger partial charge < -0.3 is 10.2 Å². The average Bonchev–Trinajstić information content (AvgIpc) is 3.27. The Kier molecular flexibility index (Phi) is 4.74. The highest BCUT2D eigenvalue weighted by Crippen LogP contribution is 2.48. The smallest absolute Gasteiger partial charge is 0.220 e. The molecule has 0 radical (unpaired) electrons. The minimum absolute atomic E-state index is 0.163. The van der Waals surface area contributed by atoms with Gasteiger partial charge in [0, 0.05) is 17.5 Å². The van der Waals surface area contributed by atoms with Crippen LogP contribution in [0, 0.1) is 0 Å². The van der Waals surface area contributed by atoms with E-state index in [0.717, 1.165) is 36.4 Å². The van der Waals surface area contributed by atoms with E-state index in [1.807, 2.05) is 24.3 Å². The maximum Gasteiger partial charge on any atom is 0.220 e. The van der Waals surface area contributed by atoms with Crippen LogP contribution in [-0.2, 0) is 10.3 Å². The summed E-state index contributed by atoms with van der Waals surface area (Å²) in [5.74, 6) is 0.163. The number of nitrogens with zero attached hydrogens (tertiary/aromatic N) is 1. The van der Waals surface area contributed by atoms with Crippen molar-refractivity contribution in [2.45, 2.75) is 56.5 Å². The van der Waals surface area contributed by atoms with E-state index in [1.54, 1.807) is 0 Å². The molecule has 1 N–H and O–H groups in total. The number of nitrogens with one attached hydrogen (secondary N) is 1. The molecule has 1 saturated carbocycles.